The number of hydrogen-bond donors (Lipinski definition) is 0. The molecule has 0 bridgehead atoms. The summed E-state index contributed by atoms with van der Waals surface area (Å²) in [5.74, 6) is 0.0982. The summed E-state index contributed by atoms with van der Waals surface area (Å²) in [4.78, 5) is 19.8. The first-order valence-electron chi connectivity index (χ1n) is 6.26. The van der Waals surface area contributed by atoms with Crippen LogP contribution >= 0.6 is 0 Å². The highest BCUT2D eigenvalue weighted by Crippen LogP contribution is 2.47. The van der Waals surface area contributed by atoms with Crippen LogP contribution in [0.15, 0.2) is 37.1 Å². The van der Waals surface area contributed by atoms with Crippen LogP contribution in [0.25, 0.3) is 0 Å². The van der Waals surface area contributed by atoms with Gasteiger partial charge in [-0.3, -0.25) is 9.78 Å². The van der Waals surface area contributed by atoms with Crippen LogP contribution in [0.5, 0.6) is 0 Å². The number of carbonyl (C=O) groups is 1. The molecule has 19 heavy (non-hydrogen) atoms. The normalized spacial score (nSPS) is 21.1. The van der Waals surface area contributed by atoms with Crippen LogP contribution in [0.3, 0.4) is 0 Å². The molecule has 0 aliphatic heterocycles. The largest absolute Gasteiger partial charge is 0.469 e. The highest BCUT2D eigenvalue weighted by molar-refractivity contribution is 5.77. The lowest BCUT2D eigenvalue weighted by atomic mass is 10.2. The minimum absolute atomic E-state index is 0.00278. The van der Waals surface area contributed by atoms with E-state index in [1.807, 2.05) is 23.0 Å². The number of aromatic nitrogens is 3. The SMILES string of the molecule is COC(=O)C1CC1c1ccc(Cn2ccnc2)cn1. The maximum atomic E-state index is 11.4. The Labute approximate surface area is 111 Å². The number of esters is 1. The molecule has 3 rings (SSSR count). The smallest absolute Gasteiger partial charge is 0.309 e. The van der Waals surface area contributed by atoms with Gasteiger partial charge in [-0.15, -0.1) is 0 Å². The molecule has 5 heteroatoms. The number of nitrogens with zero attached hydrogens (tertiary/aromatic N) is 3. The molecule has 0 saturated heterocycles. The number of ether oxygens (including phenoxy) is 1. The van der Waals surface area contributed by atoms with E-state index in [2.05, 4.69) is 16.0 Å². The summed E-state index contributed by atoms with van der Waals surface area (Å²) in [5, 5.41) is 0. The van der Waals surface area contributed by atoms with Gasteiger partial charge in [-0.25, -0.2) is 4.98 Å². The van der Waals surface area contributed by atoms with E-state index in [0.29, 0.717) is 0 Å². The molecular weight excluding hydrogens is 242 g/mol. The molecule has 1 aliphatic rings. The average Bonchev–Trinajstić information content (AvgIpc) is 3.08. The minimum atomic E-state index is -0.130. The third-order valence-electron chi connectivity index (χ3n) is 3.45. The maximum Gasteiger partial charge on any atom is 0.309 e. The van der Waals surface area contributed by atoms with E-state index in [9.17, 15) is 4.79 Å². The van der Waals surface area contributed by atoms with Crippen LogP contribution in [-0.4, -0.2) is 27.6 Å². The number of carbonyl (C=O) groups excluding carboxylic acids is 1. The fourth-order valence-electron chi connectivity index (χ4n) is 2.27. The predicted octanol–water partition coefficient (Wildman–Crippen LogP) is 1.60. The lowest BCUT2D eigenvalue weighted by Crippen LogP contribution is -2.04. The molecule has 2 unspecified atom stereocenters. The molecule has 1 aliphatic carbocycles. The van der Waals surface area contributed by atoms with E-state index < -0.39 is 0 Å². The van der Waals surface area contributed by atoms with Crippen LogP contribution in [0.1, 0.15) is 23.6 Å². The molecule has 0 radical (unpaired) electrons. The molecule has 1 fully saturated rings. The van der Waals surface area contributed by atoms with Crippen molar-refractivity contribution in [1.82, 2.24) is 14.5 Å². The van der Waals surface area contributed by atoms with Gasteiger partial charge < -0.3 is 9.30 Å². The van der Waals surface area contributed by atoms with Gasteiger partial charge in [0.05, 0.1) is 19.4 Å². The molecule has 0 aromatic carbocycles. The van der Waals surface area contributed by atoms with Crippen molar-refractivity contribution in [3.8, 4) is 0 Å². The molecule has 2 heterocycles. The van der Waals surface area contributed by atoms with Crippen molar-refractivity contribution in [3.05, 3.63) is 48.3 Å². The molecule has 0 N–H and O–H groups in total. The van der Waals surface area contributed by atoms with E-state index in [4.69, 9.17) is 4.74 Å². The van der Waals surface area contributed by atoms with Crippen molar-refractivity contribution in [2.45, 2.75) is 18.9 Å². The standard InChI is InChI=1S/C14H15N3O2/c1-19-14(18)12-6-11(12)13-3-2-10(7-16-13)8-17-5-4-15-9-17/h2-5,7,9,11-12H,6,8H2,1H3. The lowest BCUT2D eigenvalue weighted by Gasteiger charge is -2.04. The highest BCUT2D eigenvalue weighted by atomic mass is 16.5. The van der Waals surface area contributed by atoms with Crippen molar-refractivity contribution in [1.29, 1.82) is 0 Å². The summed E-state index contributed by atoms with van der Waals surface area (Å²) in [6, 6.07) is 4.05. The molecular formula is C14H15N3O2. The van der Waals surface area contributed by atoms with Gasteiger partial charge in [0, 0.05) is 36.7 Å². The lowest BCUT2D eigenvalue weighted by molar-refractivity contribution is -0.142. The first-order chi connectivity index (χ1) is 9.28. The van der Waals surface area contributed by atoms with Crippen LogP contribution in [0, 0.1) is 5.92 Å². The number of methoxy groups -OCH3 is 1. The van der Waals surface area contributed by atoms with E-state index in [0.717, 1.165) is 24.2 Å². The predicted molar refractivity (Wildman–Crippen MR) is 68.4 cm³/mol. The number of pyridine rings is 1. The Kier molecular flexibility index (Phi) is 3.03. The topological polar surface area (TPSA) is 57.0 Å². The van der Waals surface area contributed by atoms with Gasteiger partial charge in [-0.1, -0.05) is 6.07 Å². The van der Waals surface area contributed by atoms with Crippen molar-refractivity contribution >= 4 is 5.97 Å². The minimum Gasteiger partial charge on any atom is -0.469 e. The van der Waals surface area contributed by atoms with Gasteiger partial charge in [-0.05, 0) is 18.1 Å². The Morgan fingerprint density at radius 2 is 2.42 bits per heavy atom. The molecule has 5 nitrogen and oxygen atoms in total. The summed E-state index contributed by atoms with van der Waals surface area (Å²) in [6.45, 7) is 0.762. The first kappa shape index (κ1) is 11.9. The Bertz CT molecular complexity index is 563. The molecule has 0 amide bonds. The van der Waals surface area contributed by atoms with Gasteiger partial charge in [-0.2, -0.15) is 0 Å². The van der Waals surface area contributed by atoms with Crippen molar-refractivity contribution < 1.29 is 9.53 Å². The number of rotatable bonds is 4. The highest BCUT2D eigenvalue weighted by Gasteiger charge is 2.45. The van der Waals surface area contributed by atoms with Crippen molar-refractivity contribution in [2.75, 3.05) is 7.11 Å². The Hall–Kier alpha value is -2.17. The average molecular weight is 257 g/mol. The third-order valence-corrected chi connectivity index (χ3v) is 3.45. The molecule has 2 aromatic heterocycles. The quantitative estimate of drug-likeness (QED) is 0.781. The van der Waals surface area contributed by atoms with Gasteiger partial charge in [0.25, 0.3) is 0 Å². The monoisotopic (exact) mass is 257 g/mol. The summed E-state index contributed by atoms with van der Waals surface area (Å²) < 4.78 is 6.73. The van der Waals surface area contributed by atoms with E-state index in [1.165, 1.54) is 7.11 Å². The zero-order valence-corrected chi connectivity index (χ0v) is 10.7. The Balaban J connectivity index is 1.65. The summed E-state index contributed by atoms with van der Waals surface area (Å²) in [5.41, 5.74) is 2.10. The van der Waals surface area contributed by atoms with Crippen LogP contribution in [0.4, 0.5) is 0 Å². The van der Waals surface area contributed by atoms with Gasteiger partial charge in [0.2, 0.25) is 0 Å². The fraction of sp³-hybridized carbons (Fsp3) is 0.357. The summed E-state index contributed by atoms with van der Waals surface area (Å²) in [7, 11) is 1.43. The fourth-order valence-corrected chi connectivity index (χ4v) is 2.27. The molecule has 2 atom stereocenters. The molecule has 0 spiro atoms. The molecule has 98 valence electrons. The third kappa shape index (κ3) is 2.50. The van der Waals surface area contributed by atoms with Gasteiger partial charge in [0.15, 0.2) is 0 Å². The second-order valence-corrected chi connectivity index (χ2v) is 4.80. The summed E-state index contributed by atoms with van der Waals surface area (Å²) in [6.07, 6.45) is 8.17. The molecule has 1 saturated carbocycles. The zero-order valence-electron chi connectivity index (χ0n) is 10.7. The first-order valence-corrected chi connectivity index (χ1v) is 6.26. The maximum absolute atomic E-state index is 11.4. The van der Waals surface area contributed by atoms with Crippen molar-refractivity contribution in [3.63, 3.8) is 0 Å². The zero-order chi connectivity index (χ0) is 13.2. The number of hydrogen-bond acceptors (Lipinski definition) is 4. The van der Waals surface area contributed by atoms with Gasteiger partial charge >= 0.3 is 5.97 Å². The van der Waals surface area contributed by atoms with Crippen molar-refractivity contribution in [2.24, 2.45) is 5.92 Å². The van der Waals surface area contributed by atoms with E-state index >= 15 is 0 Å². The second kappa shape index (κ2) is 4.84. The van der Waals surface area contributed by atoms with Crippen LogP contribution < -0.4 is 0 Å². The summed E-state index contributed by atoms with van der Waals surface area (Å²) >= 11 is 0. The Morgan fingerprint density at radius 1 is 1.53 bits per heavy atom. The second-order valence-electron chi connectivity index (χ2n) is 4.80. The van der Waals surface area contributed by atoms with E-state index in [-0.39, 0.29) is 17.8 Å². The van der Waals surface area contributed by atoms with Gasteiger partial charge in [0.1, 0.15) is 0 Å². The van der Waals surface area contributed by atoms with Crippen LogP contribution in [0.2, 0.25) is 0 Å². The van der Waals surface area contributed by atoms with E-state index in [1.54, 1.807) is 12.5 Å². The number of imidazole rings is 1. The Morgan fingerprint density at radius 3 is 3.05 bits per heavy atom. The molecule has 2 aromatic rings. The van der Waals surface area contributed by atoms with Crippen LogP contribution in [-0.2, 0) is 16.1 Å².